The molecule has 1 atom stereocenters. The maximum absolute atomic E-state index is 12.6. The van der Waals surface area contributed by atoms with Gasteiger partial charge in [-0.05, 0) is 25.0 Å². The van der Waals surface area contributed by atoms with Gasteiger partial charge in [-0.25, -0.2) is 4.98 Å². The molecule has 0 aliphatic heterocycles. The highest BCUT2D eigenvalue weighted by Gasteiger charge is 2.23. The third-order valence-electron chi connectivity index (χ3n) is 4.71. The molecule has 6 nitrogen and oxygen atoms in total. The molecule has 2 aromatic carbocycles. The number of thioether (sulfide) groups is 1. The van der Waals surface area contributed by atoms with Gasteiger partial charge in [-0.1, -0.05) is 68.1 Å². The number of nitrogens with zero attached hydrogens (tertiary/aromatic N) is 4. The van der Waals surface area contributed by atoms with Gasteiger partial charge in [0.2, 0.25) is 5.91 Å². The second kappa shape index (κ2) is 8.61. The summed E-state index contributed by atoms with van der Waals surface area (Å²) >= 11 is 1.44. The van der Waals surface area contributed by atoms with Crippen LogP contribution >= 0.6 is 11.8 Å². The van der Waals surface area contributed by atoms with Crippen LogP contribution in [0.5, 0.6) is 0 Å². The molecule has 0 aliphatic rings. The van der Waals surface area contributed by atoms with E-state index in [1.54, 1.807) is 0 Å². The maximum atomic E-state index is 12.6. The van der Waals surface area contributed by atoms with E-state index in [1.165, 1.54) is 11.8 Å². The molecule has 29 heavy (non-hydrogen) atoms. The molecule has 4 rings (SSSR count). The molecule has 2 heterocycles. The fourth-order valence-electron chi connectivity index (χ4n) is 3.23. The molecule has 0 aliphatic carbocycles. The van der Waals surface area contributed by atoms with Crippen LogP contribution in [-0.2, 0) is 4.79 Å². The molecule has 4 aromatic rings. The van der Waals surface area contributed by atoms with Gasteiger partial charge in [0, 0.05) is 17.5 Å². The number of amides is 1. The van der Waals surface area contributed by atoms with E-state index < -0.39 is 0 Å². The fourth-order valence-corrected chi connectivity index (χ4v) is 4.21. The van der Waals surface area contributed by atoms with Crippen molar-refractivity contribution in [1.82, 2.24) is 24.9 Å². The Morgan fingerprint density at radius 2 is 1.83 bits per heavy atom. The summed E-state index contributed by atoms with van der Waals surface area (Å²) in [6.45, 7) is 4.74. The average molecular weight is 406 g/mol. The van der Waals surface area contributed by atoms with Gasteiger partial charge >= 0.3 is 0 Å². The van der Waals surface area contributed by atoms with Crippen molar-refractivity contribution in [2.75, 3.05) is 6.54 Å². The molecule has 0 saturated heterocycles. The molecule has 0 saturated carbocycles. The molecule has 0 fully saturated rings. The monoisotopic (exact) mass is 405 g/mol. The van der Waals surface area contributed by atoms with Crippen molar-refractivity contribution in [1.29, 1.82) is 0 Å². The van der Waals surface area contributed by atoms with Gasteiger partial charge < -0.3 is 5.32 Å². The number of benzene rings is 2. The Bertz CT molecular complexity index is 1140. The Balaban J connectivity index is 1.85. The molecule has 2 aromatic heterocycles. The van der Waals surface area contributed by atoms with Crippen molar-refractivity contribution in [2.45, 2.75) is 37.1 Å². The largest absolute Gasteiger partial charge is 0.355 e. The first-order chi connectivity index (χ1) is 14.2. The van der Waals surface area contributed by atoms with Crippen LogP contribution in [0.1, 0.15) is 26.7 Å². The molecule has 148 valence electrons. The second-order valence-corrected chi connectivity index (χ2v) is 7.94. The maximum Gasteiger partial charge on any atom is 0.233 e. The van der Waals surface area contributed by atoms with Gasteiger partial charge in [-0.15, -0.1) is 10.2 Å². The number of hydrogen-bond acceptors (Lipinski definition) is 5. The fraction of sp³-hybridized carbons (Fsp3) is 0.273. The van der Waals surface area contributed by atoms with Crippen LogP contribution in [0.2, 0.25) is 0 Å². The molecule has 0 bridgehead atoms. The van der Waals surface area contributed by atoms with E-state index >= 15 is 0 Å². The summed E-state index contributed by atoms with van der Waals surface area (Å²) in [5, 5.41) is 13.3. The Morgan fingerprint density at radius 1 is 1.07 bits per heavy atom. The summed E-state index contributed by atoms with van der Waals surface area (Å²) in [6, 6.07) is 17.9. The molecule has 1 amide bonds. The van der Waals surface area contributed by atoms with E-state index in [2.05, 4.69) is 15.5 Å². The van der Waals surface area contributed by atoms with Crippen LogP contribution in [0.25, 0.3) is 27.9 Å². The summed E-state index contributed by atoms with van der Waals surface area (Å²) < 4.78 is 1.97. The highest BCUT2D eigenvalue weighted by molar-refractivity contribution is 8.00. The standard InChI is InChI=1S/C22H23N5OS/c1-3-14-23-21(28)18(4-2)29-22-26-25-20-16-12-8-9-13-17(16)24-19(27(20)22)15-10-6-5-7-11-15/h5-13,18H,3-4,14H2,1-2H3,(H,23,28). The predicted molar refractivity (Wildman–Crippen MR) is 117 cm³/mol. The number of nitrogens with one attached hydrogen (secondary N) is 1. The number of carbonyl (C=O) groups is 1. The summed E-state index contributed by atoms with van der Waals surface area (Å²) in [7, 11) is 0. The summed E-state index contributed by atoms with van der Waals surface area (Å²) in [5.41, 5.74) is 2.60. The van der Waals surface area contributed by atoms with Crippen LogP contribution < -0.4 is 5.32 Å². The molecule has 0 radical (unpaired) electrons. The molecule has 1 N–H and O–H groups in total. The van der Waals surface area contributed by atoms with Gasteiger partial charge in [-0.2, -0.15) is 0 Å². The third kappa shape index (κ3) is 3.82. The lowest BCUT2D eigenvalue weighted by atomic mass is 10.2. The van der Waals surface area contributed by atoms with E-state index in [0.717, 1.165) is 34.4 Å². The lowest BCUT2D eigenvalue weighted by molar-refractivity contribution is -0.120. The Hall–Kier alpha value is -2.93. The van der Waals surface area contributed by atoms with Gasteiger partial charge in [0.05, 0.1) is 10.8 Å². The van der Waals surface area contributed by atoms with Crippen LogP contribution in [0.15, 0.2) is 59.8 Å². The Kier molecular flexibility index (Phi) is 5.76. The van der Waals surface area contributed by atoms with Crippen LogP contribution in [0.4, 0.5) is 0 Å². The first kappa shape index (κ1) is 19.4. The highest BCUT2D eigenvalue weighted by Crippen LogP contribution is 2.31. The SMILES string of the molecule is CCCNC(=O)C(CC)Sc1nnc2c3ccccc3nc(-c3ccccc3)n12. The smallest absolute Gasteiger partial charge is 0.233 e. The second-order valence-electron chi connectivity index (χ2n) is 6.77. The summed E-state index contributed by atoms with van der Waals surface area (Å²) in [6.07, 6.45) is 1.62. The van der Waals surface area contributed by atoms with Crippen molar-refractivity contribution in [3.63, 3.8) is 0 Å². The number of carbonyl (C=O) groups excluding carboxylic acids is 1. The zero-order valence-corrected chi connectivity index (χ0v) is 17.3. The molecular formula is C22H23N5OS. The minimum Gasteiger partial charge on any atom is -0.355 e. The number of aromatic nitrogens is 4. The summed E-state index contributed by atoms with van der Waals surface area (Å²) in [5.74, 6) is 0.807. The van der Waals surface area contributed by atoms with Gasteiger partial charge in [0.1, 0.15) is 5.82 Å². The van der Waals surface area contributed by atoms with E-state index in [9.17, 15) is 4.79 Å². The highest BCUT2D eigenvalue weighted by atomic mass is 32.2. The van der Waals surface area contributed by atoms with Crippen LogP contribution in [-0.4, -0.2) is 37.3 Å². The van der Waals surface area contributed by atoms with Crippen molar-refractivity contribution in [3.8, 4) is 11.4 Å². The van der Waals surface area contributed by atoms with Crippen molar-refractivity contribution in [2.24, 2.45) is 0 Å². The van der Waals surface area contributed by atoms with Crippen molar-refractivity contribution < 1.29 is 4.79 Å². The first-order valence-corrected chi connectivity index (χ1v) is 10.7. The lowest BCUT2D eigenvalue weighted by Crippen LogP contribution is -2.32. The van der Waals surface area contributed by atoms with Crippen LogP contribution in [0.3, 0.4) is 0 Å². The minimum absolute atomic E-state index is 0.0334. The molecular weight excluding hydrogens is 382 g/mol. The van der Waals surface area contributed by atoms with Gasteiger partial charge in [-0.3, -0.25) is 9.20 Å². The topological polar surface area (TPSA) is 72.2 Å². The van der Waals surface area contributed by atoms with Crippen molar-refractivity contribution in [3.05, 3.63) is 54.6 Å². The van der Waals surface area contributed by atoms with Crippen LogP contribution in [0, 0.1) is 0 Å². The quantitative estimate of drug-likeness (QED) is 0.463. The van der Waals surface area contributed by atoms with Crippen molar-refractivity contribution >= 4 is 34.2 Å². The zero-order chi connectivity index (χ0) is 20.2. The molecule has 1 unspecified atom stereocenters. The van der Waals surface area contributed by atoms with Gasteiger partial charge in [0.25, 0.3) is 0 Å². The average Bonchev–Trinajstić information content (AvgIpc) is 3.20. The van der Waals surface area contributed by atoms with E-state index in [1.807, 2.05) is 72.8 Å². The number of hydrogen-bond donors (Lipinski definition) is 1. The van der Waals surface area contributed by atoms with E-state index in [4.69, 9.17) is 4.98 Å². The van der Waals surface area contributed by atoms with E-state index in [0.29, 0.717) is 18.1 Å². The Labute approximate surface area is 173 Å². The lowest BCUT2D eigenvalue weighted by Gasteiger charge is -2.14. The first-order valence-electron chi connectivity index (χ1n) is 9.86. The number of rotatable bonds is 7. The third-order valence-corrected chi connectivity index (χ3v) is 6.02. The molecule has 0 spiro atoms. The Morgan fingerprint density at radius 3 is 2.59 bits per heavy atom. The predicted octanol–water partition coefficient (Wildman–Crippen LogP) is 4.34. The normalized spacial score (nSPS) is 12.3. The number of para-hydroxylation sites is 1. The minimum atomic E-state index is -0.232. The van der Waals surface area contributed by atoms with Gasteiger partial charge in [0.15, 0.2) is 10.8 Å². The summed E-state index contributed by atoms with van der Waals surface area (Å²) in [4.78, 5) is 17.5. The molecule has 7 heteroatoms. The van der Waals surface area contributed by atoms with E-state index in [-0.39, 0.29) is 11.2 Å². The number of fused-ring (bicyclic) bond motifs is 3. The zero-order valence-electron chi connectivity index (χ0n) is 16.5.